The zero-order chi connectivity index (χ0) is 13.1. The Labute approximate surface area is 115 Å². The first-order valence-electron chi connectivity index (χ1n) is 5.70. The lowest BCUT2D eigenvalue weighted by atomic mass is 10.1. The van der Waals surface area contributed by atoms with E-state index in [0.717, 1.165) is 9.99 Å². The molecule has 0 aliphatic carbocycles. The predicted octanol–water partition coefficient (Wildman–Crippen LogP) is 3.60. The third-order valence-electron chi connectivity index (χ3n) is 2.69. The van der Waals surface area contributed by atoms with Gasteiger partial charge in [0, 0.05) is 11.0 Å². The molecule has 0 N–H and O–H groups in total. The molecule has 1 saturated heterocycles. The van der Waals surface area contributed by atoms with Crippen LogP contribution in [0.4, 0.5) is 0 Å². The molecule has 0 amide bonds. The molecule has 0 bridgehead atoms. The van der Waals surface area contributed by atoms with Gasteiger partial charge in [0.25, 0.3) is 0 Å². The maximum absolute atomic E-state index is 11.5. The van der Waals surface area contributed by atoms with Crippen molar-refractivity contribution in [1.29, 1.82) is 0 Å². The number of hydrogen-bond acceptors (Lipinski definition) is 4. The minimum absolute atomic E-state index is 0.133. The summed E-state index contributed by atoms with van der Waals surface area (Å²) in [7, 11) is 0. The second kappa shape index (κ2) is 5.76. The maximum Gasteiger partial charge on any atom is 0.165 e. The Morgan fingerprint density at radius 1 is 1.11 bits per heavy atom. The topological polar surface area (TPSA) is 34.1 Å². The summed E-state index contributed by atoms with van der Waals surface area (Å²) in [6.07, 6.45) is 0. The lowest BCUT2D eigenvalue weighted by Crippen LogP contribution is -2.07. The van der Waals surface area contributed by atoms with Gasteiger partial charge in [0.1, 0.15) is 0 Å². The van der Waals surface area contributed by atoms with Crippen LogP contribution in [0.2, 0.25) is 0 Å². The first kappa shape index (κ1) is 13.4. The number of allylic oxidation sites excluding steroid dienone is 1. The quantitative estimate of drug-likeness (QED) is 0.480. The highest BCUT2D eigenvalue weighted by molar-refractivity contribution is 8.25. The van der Waals surface area contributed by atoms with Crippen molar-refractivity contribution in [2.75, 3.05) is 5.75 Å². The van der Waals surface area contributed by atoms with E-state index in [4.69, 9.17) is 0 Å². The van der Waals surface area contributed by atoms with Crippen molar-refractivity contribution in [3.63, 3.8) is 0 Å². The molecule has 2 rings (SSSR count). The van der Waals surface area contributed by atoms with Gasteiger partial charge in [0.05, 0.1) is 9.81 Å². The highest BCUT2D eigenvalue weighted by Gasteiger charge is 2.28. The van der Waals surface area contributed by atoms with Crippen LogP contribution in [0.15, 0.2) is 40.1 Å². The lowest BCUT2D eigenvalue weighted by Gasteiger charge is -2.07. The second-order valence-corrected chi connectivity index (χ2v) is 6.60. The third kappa shape index (κ3) is 2.87. The van der Waals surface area contributed by atoms with E-state index in [1.54, 1.807) is 23.5 Å². The highest BCUT2D eigenvalue weighted by Crippen LogP contribution is 2.51. The predicted molar refractivity (Wildman–Crippen MR) is 77.6 cm³/mol. The highest BCUT2D eigenvalue weighted by atomic mass is 32.2. The fraction of sp³-hybridized carbons (Fsp3) is 0.286. The molecule has 0 unspecified atom stereocenters. The second-order valence-electron chi connectivity index (χ2n) is 4.10. The molecule has 1 atom stereocenters. The van der Waals surface area contributed by atoms with Gasteiger partial charge in [-0.2, -0.15) is 0 Å². The van der Waals surface area contributed by atoms with E-state index in [9.17, 15) is 9.59 Å². The summed E-state index contributed by atoms with van der Waals surface area (Å²) in [5.41, 5.74) is 1.61. The largest absolute Gasteiger partial charge is 0.294 e. The minimum Gasteiger partial charge on any atom is -0.294 e. The molecule has 0 saturated carbocycles. The number of Topliss-reactive ketones (excluding diaryl/α,β-unsaturated/α-hetero) is 2. The van der Waals surface area contributed by atoms with Crippen LogP contribution >= 0.6 is 23.5 Å². The van der Waals surface area contributed by atoms with Crippen molar-refractivity contribution in [3.05, 3.63) is 45.7 Å². The van der Waals surface area contributed by atoms with Crippen LogP contribution in [0.25, 0.3) is 0 Å². The van der Waals surface area contributed by atoms with Gasteiger partial charge in [-0.1, -0.05) is 30.3 Å². The molecule has 2 nitrogen and oxygen atoms in total. The van der Waals surface area contributed by atoms with Gasteiger partial charge in [0.15, 0.2) is 11.6 Å². The van der Waals surface area contributed by atoms with Crippen LogP contribution in [-0.4, -0.2) is 17.3 Å². The molecule has 1 aromatic rings. The van der Waals surface area contributed by atoms with E-state index in [0.29, 0.717) is 10.8 Å². The van der Waals surface area contributed by atoms with Crippen molar-refractivity contribution in [1.82, 2.24) is 0 Å². The molecular weight excluding hydrogens is 264 g/mol. The van der Waals surface area contributed by atoms with Crippen LogP contribution in [0.3, 0.4) is 0 Å². The van der Waals surface area contributed by atoms with Gasteiger partial charge in [-0.05, 0) is 19.4 Å². The van der Waals surface area contributed by atoms with Gasteiger partial charge < -0.3 is 0 Å². The number of benzene rings is 1. The zero-order valence-corrected chi connectivity index (χ0v) is 11.9. The molecule has 1 heterocycles. The van der Waals surface area contributed by atoms with Crippen LogP contribution in [0.1, 0.15) is 24.7 Å². The summed E-state index contributed by atoms with van der Waals surface area (Å²) in [5, 5.41) is 0.333. The summed E-state index contributed by atoms with van der Waals surface area (Å²) >= 11 is 3.24. The summed E-state index contributed by atoms with van der Waals surface area (Å²) in [6, 6.07) is 10.2. The Balaban J connectivity index is 2.25. The smallest absolute Gasteiger partial charge is 0.165 e. The average molecular weight is 278 g/mol. The van der Waals surface area contributed by atoms with Crippen LogP contribution in [0.5, 0.6) is 0 Å². The Hall–Kier alpha value is -1.00. The summed E-state index contributed by atoms with van der Waals surface area (Å²) in [6.45, 7) is 2.92. The van der Waals surface area contributed by atoms with E-state index < -0.39 is 0 Å². The van der Waals surface area contributed by atoms with Gasteiger partial charge in [-0.15, -0.1) is 23.5 Å². The number of ketones is 2. The number of carbonyl (C=O) groups excluding carboxylic acids is 2. The number of thioether (sulfide) groups is 2. The van der Waals surface area contributed by atoms with Crippen molar-refractivity contribution < 1.29 is 9.59 Å². The standard InChI is InChI=1S/C14H14O2S2/c1-9(15)13(10(2)16)14-17-8-12(18-14)11-6-4-3-5-7-11/h3-7,12H,8H2,1-2H3/t12-/m1/s1. The number of rotatable bonds is 3. The third-order valence-corrected chi connectivity index (χ3v) is 5.66. The fourth-order valence-corrected chi connectivity index (χ4v) is 5.03. The first-order chi connectivity index (χ1) is 8.59. The molecule has 1 aromatic carbocycles. The number of carbonyl (C=O) groups is 2. The molecule has 0 radical (unpaired) electrons. The van der Waals surface area contributed by atoms with E-state index in [-0.39, 0.29) is 11.6 Å². The minimum atomic E-state index is -0.133. The molecule has 1 aliphatic rings. The first-order valence-corrected chi connectivity index (χ1v) is 7.56. The Bertz CT molecular complexity index is 490. The normalized spacial score (nSPS) is 18.8. The molecule has 18 heavy (non-hydrogen) atoms. The van der Waals surface area contributed by atoms with E-state index >= 15 is 0 Å². The summed E-state index contributed by atoms with van der Waals surface area (Å²) in [4.78, 5) is 23.0. The summed E-state index contributed by atoms with van der Waals surface area (Å²) < 4.78 is 0.879. The SMILES string of the molecule is CC(=O)C(C(C)=O)=C1SC[C@H](c2ccccc2)S1. The Kier molecular flexibility index (Phi) is 4.30. The van der Waals surface area contributed by atoms with Crippen LogP contribution in [-0.2, 0) is 9.59 Å². The van der Waals surface area contributed by atoms with Crippen molar-refractivity contribution >= 4 is 35.1 Å². The van der Waals surface area contributed by atoms with Crippen molar-refractivity contribution in [2.45, 2.75) is 19.1 Å². The van der Waals surface area contributed by atoms with E-state index in [1.165, 1.54) is 19.4 Å². The Morgan fingerprint density at radius 2 is 1.72 bits per heavy atom. The molecule has 1 aliphatic heterocycles. The lowest BCUT2D eigenvalue weighted by molar-refractivity contribution is -0.119. The average Bonchev–Trinajstić information content (AvgIpc) is 2.78. The maximum atomic E-state index is 11.5. The molecular formula is C14H14O2S2. The van der Waals surface area contributed by atoms with Gasteiger partial charge in [-0.25, -0.2) is 0 Å². The van der Waals surface area contributed by atoms with E-state index in [2.05, 4.69) is 12.1 Å². The van der Waals surface area contributed by atoms with E-state index in [1.807, 2.05) is 18.2 Å². The van der Waals surface area contributed by atoms with Crippen LogP contribution < -0.4 is 0 Å². The molecule has 94 valence electrons. The molecule has 4 heteroatoms. The monoisotopic (exact) mass is 278 g/mol. The zero-order valence-electron chi connectivity index (χ0n) is 10.3. The van der Waals surface area contributed by atoms with Gasteiger partial charge >= 0.3 is 0 Å². The molecule has 1 fully saturated rings. The van der Waals surface area contributed by atoms with Crippen molar-refractivity contribution in [3.8, 4) is 0 Å². The fourth-order valence-electron chi connectivity index (χ4n) is 1.85. The van der Waals surface area contributed by atoms with Crippen LogP contribution in [0, 0.1) is 0 Å². The molecule has 0 spiro atoms. The van der Waals surface area contributed by atoms with Crippen molar-refractivity contribution in [2.24, 2.45) is 0 Å². The van der Waals surface area contributed by atoms with Gasteiger partial charge in [0.2, 0.25) is 0 Å². The summed E-state index contributed by atoms with van der Waals surface area (Å²) in [5.74, 6) is 0.645. The Morgan fingerprint density at radius 3 is 2.28 bits per heavy atom. The number of hydrogen-bond donors (Lipinski definition) is 0. The van der Waals surface area contributed by atoms with Gasteiger partial charge in [-0.3, -0.25) is 9.59 Å². The molecule has 0 aromatic heterocycles.